The maximum Gasteiger partial charge on any atom is 0.336 e. The van der Waals surface area contributed by atoms with Crippen LogP contribution in [0.2, 0.25) is 0 Å². The summed E-state index contributed by atoms with van der Waals surface area (Å²) < 4.78 is 0. The first kappa shape index (κ1) is 11.2. The molecule has 0 aromatic heterocycles. The van der Waals surface area contributed by atoms with Gasteiger partial charge in [0.2, 0.25) is 0 Å². The second-order valence-electron chi connectivity index (χ2n) is 3.21. The fraction of sp³-hybridized carbons (Fsp3) is 0.300. The zero-order valence-corrected chi connectivity index (χ0v) is 8.48. The zero-order chi connectivity index (χ0) is 11.6. The molecule has 0 saturated carbocycles. The van der Waals surface area contributed by atoms with Crippen LogP contribution in [0.5, 0.6) is 0 Å². The first-order chi connectivity index (χ1) is 6.97. The molecule has 0 aliphatic rings. The molecular formula is C10H11NO4. The van der Waals surface area contributed by atoms with Crippen LogP contribution < -0.4 is 0 Å². The summed E-state index contributed by atoms with van der Waals surface area (Å²) in [6.07, 6.45) is 0.542. The van der Waals surface area contributed by atoms with Crippen LogP contribution in [0.3, 0.4) is 0 Å². The Morgan fingerprint density at radius 1 is 1.53 bits per heavy atom. The number of carbonyl (C=O) groups is 1. The van der Waals surface area contributed by atoms with Crippen LogP contribution in [-0.2, 0) is 6.42 Å². The predicted molar refractivity (Wildman–Crippen MR) is 54.2 cm³/mol. The van der Waals surface area contributed by atoms with E-state index in [0.717, 1.165) is 6.07 Å². The molecule has 0 heterocycles. The molecule has 1 aromatic rings. The van der Waals surface area contributed by atoms with E-state index in [1.807, 2.05) is 6.92 Å². The van der Waals surface area contributed by atoms with Gasteiger partial charge in [0.1, 0.15) is 0 Å². The molecule has 0 aliphatic carbocycles. The molecule has 15 heavy (non-hydrogen) atoms. The molecule has 80 valence electrons. The number of hydrogen-bond acceptors (Lipinski definition) is 3. The van der Waals surface area contributed by atoms with Gasteiger partial charge in [0.05, 0.1) is 10.5 Å². The first-order valence-electron chi connectivity index (χ1n) is 4.48. The molecular weight excluding hydrogens is 198 g/mol. The van der Waals surface area contributed by atoms with Crippen molar-refractivity contribution < 1.29 is 14.8 Å². The van der Waals surface area contributed by atoms with E-state index in [-0.39, 0.29) is 11.3 Å². The van der Waals surface area contributed by atoms with Crippen molar-refractivity contribution in [3.63, 3.8) is 0 Å². The second-order valence-corrected chi connectivity index (χ2v) is 3.21. The van der Waals surface area contributed by atoms with E-state index in [0.29, 0.717) is 17.5 Å². The van der Waals surface area contributed by atoms with Crippen LogP contribution in [-0.4, -0.2) is 16.0 Å². The summed E-state index contributed by atoms with van der Waals surface area (Å²) in [6.45, 7) is 3.41. The van der Waals surface area contributed by atoms with Gasteiger partial charge in [-0.05, 0) is 25.0 Å². The van der Waals surface area contributed by atoms with Crippen LogP contribution in [0.25, 0.3) is 0 Å². The highest BCUT2D eigenvalue weighted by molar-refractivity contribution is 5.90. The maximum absolute atomic E-state index is 10.8. The quantitative estimate of drug-likeness (QED) is 0.611. The number of nitro groups is 1. The van der Waals surface area contributed by atoms with E-state index < -0.39 is 10.9 Å². The molecule has 0 radical (unpaired) electrons. The van der Waals surface area contributed by atoms with Gasteiger partial charge in [-0.3, -0.25) is 10.1 Å². The monoisotopic (exact) mass is 209 g/mol. The van der Waals surface area contributed by atoms with Gasteiger partial charge in [0.15, 0.2) is 0 Å². The van der Waals surface area contributed by atoms with Crippen molar-refractivity contribution >= 4 is 11.7 Å². The molecule has 0 unspecified atom stereocenters. The largest absolute Gasteiger partial charge is 0.478 e. The summed E-state index contributed by atoms with van der Waals surface area (Å²) in [6, 6.07) is 2.68. The maximum atomic E-state index is 10.8. The Morgan fingerprint density at radius 2 is 2.13 bits per heavy atom. The summed E-state index contributed by atoms with van der Waals surface area (Å²) in [5.41, 5.74) is 0.965. The van der Waals surface area contributed by atoms with Crippen LogP contribution >= 0.6 is 0 Å². The highest BCUT2D eigenvalue weighted by atomic mass is 16.6. The summed E-state index contributed by atoms with van der Waals surface area (Å²) in [4.78, 5) is 20.9. The number of hydrogen-bond donors (Lipinski definition) is 1. The van der Waals surface area contributed by atoms with E-state index in [9.17, 15) is 14.9 Å². The summed E-state index contributed by atoms with van der Waals surface area (Å²) in [7, 11) is 0. The smallest absolute Gasteiger partial charge is 0.336 e. The number of aryl methyl sites for hydroxylation is 2. The minimum Gasteiger partial charge on any atom is -0.478 e. The van der Waals surface area contributed by atoms with Crippen LogP contribution in [0.15, 0.2) is 12.1 Å². The van der Waals surface area contributed by atoms with Crippen LogP contribution in [0.1, 0.15) is 28.4 Å². The van der Waals surface area contributed by atoms with Gasteiger partial charge in [-0.15, -0.1) is 0 Å². The molecule has 0 amide bonds. The van der Waals surface area contributed by atoms with Gasteiger partial charge >= 0.3 is 5.97 Å². The molecule has 0 spiro atoms. The minimum absolute atomic E-state index is 0.00907. The number of carboxylic acid groups (broad SMARTS) is 1. The van der Waals surface area contributed by atoms with E-state index in [1.165, 1.54) is 0 Å². The van der Waals surface area contributed by atoms with Gasteiger partial charge in [0.25, 0.3) is 5.69 Å². The molecule has 0 atom stereocenters. The standard InChI is InChI=1S/C10H11NO4/c1-3-7-4-6(2)9(11(14)15)5-8(7)10(12)13/h4-5H,3H2,1-2H3,(H,12,13). The fourth-order valence-corrected chi connectivity index (χ4v) is 1.44. The third kappa shape index (κ3) is 2.12. The number of rotatable bonds is 3. The van der Waals surface area contributed by atoms with E-state index in [1.54, 1.807) is 13.0 Å². The number of nitrogens with zero attached hydrogens (tertiary/aromatic N) is 1. The molecule has 5 nitrogen and oxygen atoms in total. The van der Waals surface area contributed by atoms with Crippen LogP contribution in [0.4, 0.5) is 5.69 Å². The SMILES string of the molecule is CCc1cc(C)c([N+](=O)[O-])cc1C(=O)O. The lowest BCUT2D eigenvalue weighted by Crippen LogP contribution is -2.04. The Morgan fingerprint density at radius 3 is 2.53 bits per heavy atom. The highest BCUT2D eigenvalue weighted by Gasteiger charge is 2.18. The molecule has 0 bridgehead atoms. The van der Waals surface area contributed by atoms with E-state index in [2.05, 4.69) is 0 Å². The Kier molecular flexibility index (Phi) is 3.04. The number of aromatic carboxylic acids is 1. The number of benzene rings is 1. The summed E-state index contributed by atoms with van der Waals surface area (Å²) in [5.74, 6) is -1.13. The third-order valence-corrected chi connectivity index (χ3v) is 2.23. The van der Waals surface area contributed by atoms with Gasteiger partial charge in [0, 0.05) is 11.6 Å². The predicted octanol–water partition coefficient (Wildman–Crippen LogP) is 2.16. The highest BCUT2D eigenvalue weighted by Crippen LogP contribution is 2.23. The van der Waals surface area contributed by atoms with E-state index in [4.69, 9.17) is 5.11 Å². The van der Waals surface area contributed by atoms with Crippen LogP contribution in [0, 0.1) is 17.0 Å². The van der Waals surface area contributed by atoms with Crippen molar-refractivity contribution in [1.82, 2.24) is 0 Å². The average Bonchev–Trinajstić information content (AvgIpc) is 2.16. The lowest BCUT2D eigenvalue weighted by atomic mass is 10.0. The van der Waals surface area contributed by atoms with Crippen molar-refractivity contribution in [2.24, 2.45) is 0 Å². The molecule has 0 fully saturated rings. The summed E-state index contributed by atoms with van der Waals surface area (Å²) >= 11 is 0. The Bertz CT molecular complexity index is 426. The molecule has 1 aromatic carbocycles. The van der Waals surface area contributed by atoms with E-state index >= 15 is 0 Å². The lowest BCUT2D eigenvalue weighted by Gasteiger charge is -2.05. The van der Waals surface area contributed by atoms with Gasteiger partial charge in [-0.25, -0.2) is 4.79 Å². The second kappa shape index (κ2) is 4.08. The van der Waals surface area contributed by atoms with Crippen molar-refractivity contribution in [2.75, 3.05) is 0 Å². The van der Waals surface area contributed by atoms with Gasteiger partial charge < -0.3 is 5.11 Å². The van der Waals surface area contributed by atoms with Crippen molar-refractivity contribution in [2.45, 2.75) is 20.3 Å². The molecule has 5 heteroatoms. The molecule has 1 N–H and O–H groups in total. The Balaban J connectivity index is 3.43. The van der Waals surface area contributed by atoms with Gasteiger partial charge in [-0.1, -0.05) is 6.92 Å². The lowest BCUT2D eigenvalue weighted by molar-refractivity contribution is -0.385. The minimum atomic E-state index is -1.13. The topological polar surface area (TPSA) is 80.4 Å². The van der Waals surface area contributed by atoms with Crippen molar-refractivity contribution in [3.8, 4) is 0 Å². The number of carboxylic acids is 1. The molecule has 0 aliphatic heterocycles. The molecule has 0 saturated heterocycles. The fourth-order valence-electron chi connectivity index (χ4n) is 1.44. The zero-order valence-electron chi connectivity index (χ0n) is 8.48. The first-order valence-corrected chi connectivity index (χ1v) is 4.48. The number of nitro benzene ring substituents is 1. The normalized spacial score (nSPS) is 10.0. The third-order valence-electron chi connectivity index (χ3n) is 2.23. The van der Waals surface area contributed by atoms with Crippen molar-refractivity contribution in [1.29, 1.82) is 0 Å². The molecule has 1 rings (SSSR count). The average molecular weight is 209 g/mol. The Hall–Kier alpha value is -1.91. The summed E-state index contributed by atoms with van der Waals surface area (Å²) in [5, 5.41) is 19.5. The Labute approximate surface area is 86.5 Å². The van der Waals surface area contributed by atoms with Gasteiger partial charge in [-0.2, -0.15) is 0 Å². The van der Waals surface area contributed by atoms with Crippen molar-refractivity contribution in [3.05, 3.63) is 38.9 Å².